The second kappa shape index (κ2) is 9.30. The van der Waals surface area contributed by atoms with Crippen LogP contribution >= 0.6 is 23.2 Å². The molecule has 1 atom stereocenters. The van der Waals surface area contributed by atoms with Crippen LogP contribution in [0.2, 0.25) is 10.0 Å². The lowest BCUT2D eigenvalue weighted by molar-refractivity contribution is 0.0943. The minimum atomic E-state index is -0.480. The van der Waals surface area contributed by atoms with Crippen molar-refractivity contribution in [3.63, 3.8) is 0 Å². The molecule has 4 aromatic rings. The Hall–Kier alpha value is -3.28. The number of amides is 1. The van der Waals surface area contributed by atoms with Crippen molar-refractivity contribution in [2.24, 2.45) is 0 Å². The predicted octanol–water partition coefficient (Wildman–Crippen LogP) is 5.69. The molecule has 0 bridgehead atoms. The standard InChI is InChI=1S/C26H21Cl2N3O2/c27-21-7-8-23(28)22(13-21)25(19-6-9-24-18(12-19)10-11-33-24)30-26(32)20-14-29-31(16-20)15-17-4-2-1-3-5-17/h1-9,12-14,16,25H,10-11,15H2,(H,30,32). The third-order valence-electron chi connectivity index (χ3n) is 5.67. The Morgan fingerprint density at radius 2 is 1.94 bits per heavy atom. The molecule has 166 valence electrons. The zero-order valence-corrected chi connectivity index (χ0v) is 19.2. The van der Waals surface area contributed by atoms with Crippen LogP contribution in [0.5, 0.6) is 5.75 Å². The van der Waals surface area contributed by atoms with E-state index in [0.29, 0.717) is 28.8 Å². The minimum absolute atomic E-state index is 0.243. The summed E-state index contributed by atoms with van der Waals surface area (Å²) in [5.74, 6) is 0.635. The average molecular weight is 478 g/mol. The van der Waals surface area contributed by atoms with Gasteiger partial charge < -0.3 is 10.1 Å². The second-order valence-electron chi connectivity index (χ2n) is 7.95. The first-order valence-corrected chi connectivity index (χ1v) is 11.4. The van der Waals surface area contributed by atoms with Gasteiger partial charge in [0.1, 0.15) is 5.75 Å². The van der Waals surface area contributed by atoms with E-state index in [4.69, 9.17) is 27.9 Å². The third-order valence-corrected chi connectivity index (χ3v) is 6.25. The first-order valence-electron chi connectivity index (χ1n) is 10.6. The van der Waals surface area contributed by atoms with Gasteiger partial charge in [-0.15, -0.1) is 0 Å². The van der Waals surface area contributed by atoms with E-state index in [1.54, 1.807) is 35.3 Å². The van der Waals surface area contributed by atoms with E-state index in [9.17, 15) is 4.79 Å². The van der Waals surface area contributed by atoms with Gasteiger partial charge in [0.15, 0.2) is 0 Å². The lowest BCUT2D eigenvalue weighted by atomic mass is 9.96. The molecule has 1 aliphatic heterocycles. The van der Waals surface area contributed by atoms with E-state index in [0.717, 1.165) is 34.4 Å². The smallest absolute Gasteiger partial charge is 0.255 e. The number of nitrogens with zero attached hydrogens (tertiary/aromatic N) is 2. The van der Waals surface area contributed by atoms with Crippen molar-refractivity contribution in [3.05, 3.63) is 117 Å². The lowest BCUT2D eigenvalue weighted by Crippen LogP contribution is -2.29. The summed E-state index contributed by atoms with van der Waals surface area (Å²) in [5.41, 5.74) is 4.33. The van der Waals surface area contributed by atoms with Crippen LogP contribution in [0.25, 0.3) is 0 Å². The number of hydrogen-bond acceptors (Lipinski definition) is 3. The molecule has 7 heteroatoms. The Kier molecular flexibility index (Phi) is 6.07. The zero-order valence-electron chi connectivity index (χ0n) is 17.7. The van der Waals surface area contributed by atoms with Crippen LogP contribution in [-0.2, 0) is 13.0 Å². The third kappa shape index (κ3) is 4.75. The largest absolute Gasteiger partial charge is 0.493 e. The van der Waals surface area contributed by atoms with Crippen LogP contribution < -0.4 is 10.1 Å². The van der Waals surface area contributed by atoms with Crippen LogP contribution in [0.4, 0.5) is 0 Å². The van der Waals surface area contributed by atoms with E-state index in [1.807, 2.05) is 42.5 Å². The Balaban J connectivity index is 1.44. The SMILES string of the molecule is O=C(NC(c1ccc2c(c1)CCO2)c1cc(Cl)ccc1Cl)c1cnn(Cc2ccccc2)c1. The van der Waals surface area contributed by atoms with Crippen LogP contribution in [0, 0.1) is 0 Å². The summed E-state index contributed by atoms with van der Waals surface area (Å²) in [6, 6.07) is 20.7. The summed E-state index contributed by atoms with van der Waals surface area (Å²) < 4.78 is 7.39. The number of hydrogen-bond donors (Lipinski definition) is 1. The maximum absolute atomic E-state index is 13.2. The van der Waals surface area contributed by atoms with Crippen molar-refractivity contribution >= 4 is 29.1 Å². The quantitative estimate of drug-likeness (QED) is 0.387. The molecule has 1 aliphatic rings. The maximum atomic E-state index is 13.2. The molecule has 5 nitrogen and oxygen atoms in total. The summed E-state index contributed by atoms with van der Waals surface area (Å²) in [6.45, 7) is 1.25. The number of halogens is 2. The summed E-state index contributed by atoms with van der Waals surface area (Å²) in [6.07, 6.45) is 4.15. The van der Waals surface area contributed by atoms with E-state index < -0.39 is 6.04 Å². The number of rotatable bonds is 6. The van der Waals surface area contributed by atoms with E-state index in [-0.39, 0.29) is 5.91 Å². The summed E-state index contributed by atoms with van der Waals surface area (Å²) >= 11 is 12.8. The topological polar surface area (TPSA) is 56.1 Å². The Bertz CT molecular complexity index is 1300. The maximum Gasteiger partial charge on any atom is 0.255 e. The Morgan fingerprint density at radius 3 is 2.79 bits per heavy atom. The first-order chi connectivity index (χ1) is 16.1. The molecule has 0 aliphatic carbocycles. The van der Waals surface area contributed by atoms with Gasteiger partial charge in [-0.1, -0.05) is 59.6 Å². The van der Waals surface area contributed by atoms with Crippen LogP contribution in [0.3, 0.4) is 0 Å². The van der Waals surface area contributed by atoms with Crippen molar-refractivity contribution in [3.8, 4) is 5.75 Å². The molecule has 3 aromatic carbocycles. The number of nitrogens with one attached hydrogen (secondary N) is 1. The number of carbonyl (C=O) groups is 1. The van der Waals surface area contributed by atoms with Crippen molar-refractivity contribution in [2.75, 3.05) is 6.61 Å². The fourth-order valence-electron chi connectivity index (χ4n) is 4.01. The van der Waals surface area contributed by atoms with Gasteiger partial charge in [0.2, 0.25) is 0 Å². The number of ether oxygens (including phenoxy) is 1. The summed E-state index contributed by atoms with van der Waals surface area (Å²) in [4.78, 5) is 13.2. The van der Waals surface area contributed by atoms with Gasteiger partial charge in [0.05, 0.1) is 31.0 Å². The Morgan fingerprint density at radius 1 is 1.09 bits per heavy atom. The van der Waals surface area contributed by atoms with E-state index in [2.05, 4.69) is 16.5 Å². The average Bonchev–Trinajstić information content (AvgIpc) is 3.49. The van der Waals surface area contributed by atoms with Gasteiger partial charge >= 0.3 is 0 Å². The molecule has 33 heavy (non-hydrogen) atoms. The van der Waals surface area contributed by atoms with Gasteiger partial charge in [-0.2, -0.15) is 5.10 Å². The first kappa shape index (κ1) is 21.6. The normalized spacial score (nSPS) is 13.3. The monoisotopic (exact) mass is 477 g/mol. The molecule has 0 fully saturated rings. The lowest BCUT2D eigenvalue weighted by Gasteiger charge is -2.21. The second-order valence-corrected chi connectivity index (χ2v) is 8.79. The fourth-order valence-corrected chi connectivity index (χ4v) is 4.42. The molecule has 0 radical (unpaired) electrons. The molecule has 1 unspecified atom stereocenters. The van der Waals surface area contributed by atoms with Gasteiger partial charge in [-0.3, -0.25) is 9.48 Å². The van der Waals surface area contributed by atoms with Gasteiger partial charge in [-0.25, -0.2) is 0 Å². The number of aromatic nitrogens is 2. The van der Waals surface area contributed by atoms with Crippen molar-refractivity contribution < 1.29 is 9.53 Å². The molecule has 1 N–H and O–H groups in total. The highest BCUT2D eigenvalue weighted by molar-refractivity contribution is 6.33. The van der Waals surface area contributed by atoms with Crippen LogP contribution in [-0.4, -0.2) is 22.3 Å². The number of carbonyl (C=O) groups excluding carboxylic acids is 1. The molecular formula is C26H21Cl2N3O2. The van der Waals surface area contributed by atoms with Gasteiger partial charge in [0.25, 0.3) is 5.91 Å². The highest BCUT2D eigenvalue weighted by atomic mass is 35.5. The predicted molar refractivity (Wildman–Crippen MR) is 129 cm³/mol. The zero-order chi connectivity index (χ0) is 22.8. The van der Waals surface area contributed by atoms with Crippen molar-refractivity contribution in [1.29, 1.82) is 0 Å². The molecule has 0 spiro atoms. The molecule has 2 heterocycles. The van der Waals surface area contributed by atoms with Crippen molar-refractivity contribution in [2.45, 2.75) is 19.0 Å². The molecule has 0 saturated carbocycles. The van der Waals surface area contributed by atoms with Gasteiger partial charge in [0, 0.05) is 22.7 Å². The molecule has 5 rings (SSSR count). The highest BCUT2D eigenvalue weighted by Crippen LogP contribution is 2.34. The molecule has 1 aromatic heterocycles. The van der Waals surface area contributed by atoms with Crippen LogP contribution in [0.1, 0.15) is 38.7 Å². The fraction of sp³-hybridized carbons (Fsp3) is 0.154. The number of benzene rings is 3. The van der Waals surface area contributed by atoms with E-state index >= 15 is 0 Å². The molecule has 1 amide bonds. The number of fused-ring (bicyclic) bond motifs is 1. The summed E-state index contributed by atoms with van der Waals surface area (Å²) in [7, 11) is 0. The highest BCUT2D eigenvalue weighted by Gasteiger charge is 2.23. The molecular weight excluding hydrogens is 457 g/mol. The summed E-state index contributed by atoms with van der Waals surface area (Å²) in [5, 5.41) is 8.56. The van der Waals surface area contributed by atoms with Crippen LogP contribution in [0.15, 0.2) is 79.1 Å². The minimum Gasteiger partial charge on any atom is -0.493 e. The Labute approximate surface area is 201 Å². The van der Waals surface area contributed by atoms with Gasteiger partial charge in [-0.05, 0) is 52.6 Å². The van der Waals surface area contributed by atoms with Crippen molar-refractivity contribution in [1.82, 2.24) is 15.1 Å². The molecule has 0 saturated heterocycles. The van der Waals surface area contributed by atoms with E-state index in [1.165, 1.54) is 0 Å².